The SMILES string of the molecule is O=C(Cc1c(Cl)cccc1Cl)NCc1ccnc(N2CCCC2)c1. The van der Waals surface area contributed by atoms with Gasteiger partial charge in [-0.2, -0.15) is 0 Å². The number of carbonyl (C=O) groups excluding carboxylic acids is 1. The molecule has 2 aromatic rings. The molecule has 0 saturated carbocycles. The number of halogens is 2. The largest absolute Gasteiger partial charge is 0.357 e. The van der Waals surface area contributed by atoms with Crippen LogP contribution in [0.3, 0.4) is 0 Å². The Bertz CT molecular complexity index is 710. The summed E-state index contributed by atoms with van der Waals surface area (Å²) in [5.41, 5.74) is 1.69. The van der Waals surface area contributed by atoms with Crippen molar-refractivity contribution in [2.75, 3.05) is 18.0 Å². The minimum atomic E-state index is -0.107. The second-order valence-corrected chi connectivity index (χ2v) is 6.68. The monoisotopic (exact) mass is 363 g/mol. The van der Waals surface area contributed by atoms with Crippen LogP contribution >= 0.6 is 23.2 Å². The summed E-state index contributed by atoms with van der Waals surface area (Å²) in [7, 11) is 0. The summed E-state index contributed by atoms with van der Waals surface area (Å²) >= 11 is 12.2. The molecule has 6 heteroatoms. The lowest BCUT2D eigenvalue weighted by Crippen LogP contribution is -2.25. The maximum atomic E-state index is 12.2. The highest BCUT2D eigenvalue weighted by Crippen LogP contribution is 2.24. The first-order valence-corrected chi connectivity index (χ1v) is 8.78. The van der Waals surface area contributed by atoms with Crippen LogP contribution in [0.1, 0.15) is 24.0 Å². The molecule has 1 N–H and O–H groups in total. The van der Waals surface area contributed by atoms with Crippen molar-refractivity contribution in [3.63, 3.8) is 0 Å². The Labute approximate surface area is 151 Å². The third kappa shape index (κ3) is 4.19. The molecule has 0 bridgehead atoms. The molecule has 1 aromatic carbocycles. The van der Waals surface area contributed by atoms with E-state index in [1.165, 1.54) is 12.8 Å². The van der Waals surface area contributed by atoms with E-state index in [1.807, 2.05) is 12.1 Å². The van der Waals surface area contributed by atoms with Gasteiger partial charge in [0, 0.05) is 35.9 Å². The van der Waals surface area contributed by atoms with Crippen molar-refractivity contribution in [2.24, 2.45) is 0 Å². The Kier molecular flexibility index (Phi) is 5.59. The molecule has 1 aliphatic rings. The molecule has 0 aliphatic carbocycles. The molecule has 24 heavy (non-hydrogen) atoms. The van der Waals surface area contributed by atoms with Crippen LogP contribution in [0.25, 0.3) is 0 Å². The minimum absolute atomic E-state index is 0.107. The predicted octanol–water partition coefficient (Wildman–Crippen LogP) is 3.85. The number of carbonyl (C=O) groups is 1. The fraction of sp³-hybridized carbons (Fsp3) is 0.333. The number of pyridine rings is 1. The predicted molar refractivity (Wildman–Crippen MR) is 97.7 cm³/mol. The average molecular weight is 364 g/mol. The lowest BCUT2D eigenvalue weighted by atomic mass is 10.1. The van der Waals surface area contributed by atoms with E-state index in [1.54, 1.807) is 24.4 Å². The molecule has 2 heterocycles. The molecule has 1 amide bonds. The molecule has 1 aromatic heterocycles. The third-order valence-electron chi connectivity index (χ3n) is 4.13. The molecule has 1 fully saturated rings. The zero-order chi connectivity index (χ0) is 16.9. The molecule has 3 rings (SSSR count). The van der Waals surface area contributed by atoms with Crippen molar-refractivity contribution < 1.29 is 4.79 Å². The maximum absolute atomic E-state index is 12.2. The summed E-state index contributed by atoms with van der Waals surface area (Å²) < 4.78 is 0. The minimum Gasteiger partial charge on any atom is -0.357 e. The lowest BCUT2D eigenvalue weighted by Gasteiger charge is -2.17. The summed E-state index contributed by atoms with van der Waals surface area (Å²) in [5, 5.41) is 3.94. The Hall–Kier alpha value is -1.78. The number of nitrogens with zero attached hydrogens (tertiary/aromatic N) is 2. The molecule has 126 valence electrons. The number of amides is 1. The van der Waals surface area contributed by atoms with Crippen molar-refractivity contribution in [2.45, 2.75) is 25.8 Å². The first kappa shape index (κ1) is 17.1. The molecule has 4 nitrogen and oxygen atoms in total. The van der Waals surface area contributed by atoms with Crippen LogP contribution in [0.4, 0.5) is 5.82 Å². The number of benzene rings is 1. The van der Waals surface area contributed by atoms with Gasteiger partial charge in [-0.05, 0) is 48.2 Å². The topological polar surface area (TPSA) is 45.2 Å². The second-order valence-electron chi connectivity index (χ2n) is 5.87. The summed E-state index contributed by atoms with van der Waals surface area (Å²) in [6.45, 7) is 2.56. The highest BCUT2D eigenvalue weighted by atomic mass is 35.5. The number of anilines is 1. The Morgan fingerprint density at radius 1 is 1.17 bits per heavy atom. The fourth-order valence-corrected chi connectivity index (χ4v) is 3.35. The molecule has 1 saturated heterocycles. The van der Waals surface area contributed by atoms with Gasteiger partial charge >= 0.3 is 0 Å². The smallest absolute Gasteiger partial charge is 0.224 e. The Morgan fingerprint density at radius 3 is 2.58 bits per heavy atom. The zero-order valence-electron chi connectivity index (χ0n) is 13.3. The van der Waals surface area contributed by atoms with Gasteiger partial charge in [-0.15, -0.1) is 0 Å². The van der Waals surface area contributed by atoms with E-state index in [-0.39, 0.29) is 12.3 Å². The molecule has 1 aliphatic heterocycles. The van der Waals surface area contributed by atoms with Crippen molar-refractivity contribution in [3.05, 3.63) is 57.7 Å². The Morgan fingerprint density at radius 2 is 1.88 bits per heavy atom. The number of hydrogen-bond acceptors (Lipinski definition) is 3. The first-order valence-electron chi connectivity index (χ1n) is 8.03. The molecule has 0 atom stereocenters. The van der Waals surface area contributed by atoms with Crippen LogP contribution in [0.2, 0.25) is 10.0 Å². The van der Waals surface area contributed by atoms with Gasteiger partial charge < -0.3 is 10.2 Å². The lowest BCUT2D eigenvalue weighted by molar-refractivity contribution is -0.120. The standard InChI is InChI=1S/C18H19Cl2N3O/c19-15-4-3-5-16(20)14(15)11-18(24)22-12-13-6-7-21-17(10-13)23-8-1-2-9-23/h3-7,10H,1-2,8-9,11-12H2,(H,22,24). The van der Waals surface area contributed by atoms with Crippen LogP contribution in [0.5, 0.6) is 0 Å². The molecule has 0 radical (unpaired) electrons. The van der Waals surface area contributed by atoms with Gasteiger partial charge in [-0.1, -0.05) is 29.3 Å². The van der Waals surface area contributed by atoms with Crippen LogP contribution in [0.15, 0.2) is 36.5 Å². The van der Waals surface area contributed by atoms with E-state index < -0.39 is 0 Å². The van der Waals surface area contributed by atoms with E-state index in [9.17, 15) is 4.79 Å². The van der Waals surface area contributed by atoms with Gasteiger partial charge in [0.1, 0.15) is 5.82 Å². The van der Waals surface area contributed by atoms with Crippen LogP contribution in [0, 0.1) is 0 Å². The van der Waals surface area contributed by atoms with Crippen molar-refractivity contribution in [1.29, 1.82) is 0 Å². The molecule has 0 spiro atoms. The van der Waals surface area contributed by atoms with Gasteiger partial charge in [-0.25, -0.2) is 4.98 Å². The fourth-order valence-electron chi connectivity index (χ4n) is 2.81. The van der Waals surface area contributed by atoms with E-state index in [2.05, 4.69) is 15.2 Å². The van der Waals surface area contributed by atoms with Crippen LogP contribution < -0.4 is 10.2 Å². The molecular weight excluding hydrogens is 345 g/mol. The third-order valence-corrected chi connectivity index (χ3v) is 4.84. The molecule has 0 unspecified atom stereocenters. The number of aromatic nitrogens is 1. The maximum Gasteiger partial charge on any atom is 0.224 e. The summed E-state index contributed by atoms with van der Waals surface area (Å²) in [4.78, 5) is 18.9. The summed E-state index contributed by atoms with van der Waals surface area (Å²) in [6, 6.07) is 9.20. The number of rotatable bonds is 5. The van der Waals surface area contributed by atoms with E-state index in [0.717, 1.165) is 24.5 Å². The van der Waals surface area contributed by atoms with Gasteiger partial charge in [0.15, 0.2) is 0 Å². The van der Waals surface area contributed by atoms with Crippen molar-refractivity contribution in [1.82, 2.24) is 10.3 Å². The first-order chi connectivity index (χ1) is 11.6. The molecular formula is C18H19Cl2N3O. The zero-order valence-corrected chi connectivity index (χ0v) is 14.8. The van der Waals surface area contributed by atoms with E-state index >= 15 is 0 Å². The summed E-state index contributed by atoms with van der Waals surface area (Å²) in [5.74, 6) is 0.873. The highest BCUT2D eigenvalue weighted by molar-refractivity contribution is 6.36. The van der Waals surface area contributed by atoms with Crippen LogP contribution in [-0.4, -0.2) is 24.0 Å². The normalized spacial score (nSPS) is 14.0. The van der Waals surface area contributed by atoms with Crippen molar-refractivity contribution >= 4 is 34.9 Å². The number of nitrogens with one attached hydrogen (secondary N) is 1. The van der Waals surface area contributed by atoms with Gasteiger partial charge in [-0.3, -0.25) is 4.79 Å². The van der Waals surface area contributed by atoms with Crippen molar-refractivity contribution in [3.8, 4) is 0 Å². The van der Waals surface area contributed by atoms with Crippen LogP contribution in [-0.2, 0) is 17.8 Å². The second kappa shape index (κ2) is 7.86. The number of hydrogen-bond donors (Lipinski definition) is 1. The quantitative estimate of drug-likeness (QED) is 0.877. The average Bonchev–Trinajstić information content (AvgIpc) is 3.11. The van der Waals surface area contributed by atoms with E-state index in [0.29, 0.717) is 22.2 Å². The van der Waals surface area contributed by atoms with E-state index in [4.69, 9.17) is 23.2 Å². The highest BCUT2D eigenvalue weighted by Gasteiger charge is 2.14. The van der Waals surface area contributed by atoms with Gasteiger partial charge in [0.2, 0.25) is 5.91 Å². The Balaban J connectivity index is 1.59. The summed E-state index contributed by atoms with van der Waals surface area (Å²) in [6.07, 6.45) is 4.38. The van der Waals surface area contributed by atoms with Gasteiger partial charge in [0.05, 0.1) is 6.42 Å². The van der Waals surface area contributed by atoms with Gasteiger partial charge in [0.25, 0.3) is 0 Å².